The van der Waals surface area contributed by atoms with E-state index in [1.807, 2.05) is 0 Å². The lowest BCUT2D eigenvalue weighted by atomic mass is 10.1. The van der Waals surface area contributed by atoms with Crippen molar-refractivity contribution in [2.24, 2.45) is 11.3 Å². The Morgan fingerprint density at radius 1 is 1.73 bits per heavy atom. The minimum atomic E-state index is 0.161. The second-order valence-corrected chi connectivity index (χ2v) is 4.79. The number of aromatic nitrogens is 2. The van der Waals surface area contributed by atoms with Crippen LogP contribution >= 0.6 is 0 Å². The molecule has 0 radical (unpaired) electrons. The molecule has 0 bridgehead atoms. The van der Waals surface area contributed by atoms with Crippen LogP contribution in [0.25, 0.3) is 0 Å². The third-order valence-corrected chi connectivity index (χ3v) is 2.97. The van der Waals surface area contributed by atoms with E-state index in [1.54, 1.807) is 11.9 Å². The predicted octanol–water partition coefficient (Wildman–Crippen LogP) is 1.07. The SMILES string of the molecule is CN(Cc1ncon1)C(=O)C1CC1(C)C. The van der Waals surface area contributed by atoms with Crippen LogP contribution in [0.15, 0.2) is 10.9 Å². The van der Waals surface area contributed by atoms with Crippen LogP contribution in [-0.2, 0) is 11.3 Å². The first kappa shape index (κ1) is 10.1. The second-order valence-electron chi connectivity index (χ2n) is 4.79. The normalized spacial score (nSPS) is 22.5. The topological polar surface area (TPSA) is 59.2 Å². The van der Waals surface area contributed by atoms with E-state index in [4.69, 9.17) is 0 Å². The molecular weight excluding hydrogens is 194 g/mol. The minimum Gasteiger partial charge on any atom is -0.343 e. The molecule has 1 aliphatic carbocycles. The standard InChI is InChI=1S/C10H15N3O2/c1-10(2)4-7(10)9(14)13(3)5-8-11-6-15-12-8/h6-7H,4-5H2,1-3H3. The molecule has 1 saturated carbocycles. The van der Waals surface area contributed by atoms with Gasteiger partial charge in [0.05, 0.1) is 6.54 Å². The lowest BCUT2D eigenvalue weighted by molar-refractivity contribution is -0.132. The Bertz CT molecular complexity index is 359. The molecule has 2 rings (SSSR count). The van der Waals surface area contributed by atoms with Gasteiger partial charge in [-0.25, -0.2) is 0 Å². The summed E-state index contributed by atoms with van der Waals surface area (Å²) in [4.78, 5) is 17.4. The van der Waals surface area contributed by atoms with Gasteiger partial charge in [0.2, 0.25) is 12.3 Å². The zero-order chi connectivity index (χ0) is 11.1. The van der Waals surface area contributed by atoms with E-state index in [2.05, 4.69) is 28.5 Å². The third kappa shape index (κ3) is 2.00. The highest BCUT2D eigenvalue weighted by Gasteiger charge is 2.51. The van der Waals surface area contributed by atoms with Crippen molar-refractivity contribution in [2.75, 3.05) is 7.05 Å². The van der Waals surface area contributed by atoms with Crippen molar-refractivity contribution in [3.05, 3.63) is 12.2 Å². The van der Waals surface area contributed by atoms with E-state index >= 15 is 0 Å². The van der Waals surface area contributed by atoms with Gasteiger partial charge in [-0.3, -0.25) is 4.79 Å². The van der Waals surface area contributed by atoms with Crippen LogP contribution in [0.1, 0.15) is 26.1 Å². The molecule has 1 aliphatic rings. The van der Waals surface area contributed by atoms with Crippen molar-refractivity contribution in [1.29, 1.82) is 0 Å². The van der Waals surface area contributed by atoms with E-state index in [0.717, 1.165) is 6.42 Å². The zero-order valence-corrected chi connectivity index (χ0v) is 9.23. The maximum atomic E-state index is 11.9. The summed E-state index contributed by atoms with van der Waals surface area (Å²) in [5.41, 5.74) is 0.169. The number of rotatable bonds is 3. The van der Waals surface area contributed by atoms with Crippen molar-refractivity contribution in [3.63, 3.8) is 0 Å². The molecule has 0 aromatic carbocycles. The highest BCUT2D eigenvalue weighted by atomic mass is 16.5. The first-order valence-corrected chi connectivity index (χ1v) is 5.01. The maximum Gasteiger partial charge on any atom is 0.226 e. The predicted molar refractivity (Wildman–Crippen MR) is 52.7 cm³/mol. The molecule has 0 saturated heterocycles. The monoisotopic (exact) mass is 209 g/mol. The summed E-state index contributed by atoms with van der Waals surface area (Å²) < 4.78 is 4.61. The molecule has 5 nitrogen and oxygen atoms in total. The van der Waals surface area contributed by atoms with Gasteiger partial charge in [-0.1, -0.05) is 19.0 Å². The van der Waals surface area contributed by atoms with Crippen molar-refractivity contribution < 1.29 is 9.32 Å². The fourth-order valence-corrected chi connectivity index (χ4v) is 1.71. The number of nitrogens with zero attached hydrogens (tertiary/aromatic N) is 3. The number of carbonyl (C=O) groups excluding carboxylic acids is 1. The fourth-order valence-electron chi connectivity index (χ4n) is 1.71. The summed E-state index contributed by atoms with van der Waals surface area (Å²) >= 11 is 0. The quantitative estimate of drug-likeness (QED) is 0.747. The number of carbonyl (C=O) groups is 1. The van der Waals surface area contributed by atoms with Gasteiger partial charge in [-0.05, 0) is 11.8 Å². The van der Waals surface area contributed by atoms with Gasteiger partial charge in [0.25, 0.3) is 0 Å². The van der Waals surface area contributed by atoms with Gasteiger partial charge >= 0.3 is 0 Å². The molecule has 0 aliphatic heterocycles. The molecule has 0 N–H and O–H groups in total. The van der Waals surface area contributed by atoms with E-state index < -0.39 is 0 Å². The molecule has 1 aromatic rings. The first-order chi connectivity index (χ1) is 7.00. The molecule has 0 spiro atoms. The first-order valence-electron chi connectivity index (χ1n) is 5.01. The number of amides is 1. The van der Waals surface area contributed by atoms with Crippen molar-refractivity contribution >= 4 is 5.91 Å². The largest absolute Gasteiger partial charge is 0.343 e. The van der Waals surface area contributed by atoms with Crippen molar-refractivity contribution in [3.8, 4) is 0 Å². The summed E-state index contributed by atoms with van der Waals surface area (Å²) in [6.07, 6.45) is 2.25. The molecular formula is C10H15N3O2. The molecule has 1 fully saturated rings. The molecule has 1 atom stereocenters. The van der Waals surface area contributed by atoms with Gasteiger partial charge in [0.1, 0.15) is 0 Å². The summed E-state index contributed by atoms with van der Waals surface area (Å²) in [6, 6.07) is 0. The average molecular weight is 209 g/mol. The Morgan fingerprint density at radius 3 is 2.87 bits per heavy atom. The molecule has 82 valence electrons. The van der Waals surface area contributed by atoms with Crippen LogP contribution in [-0.4, -0.2) is 28.0 Å². The summed E-state index contributed by atoms with van der Waals surface area (Å²) in [5, 5.41) is 3.67. The van der Waals surface area contributed by atoms with E-state index in [-0.39, 0.29) is 17.2 Å². The number of hydrogen-bond donors (Lipinski definition) is 0. The fraction of sp³-hybridized carbons (Fsp3) is 0.700. The maximum absolute atomic E-state index is 11.9. The van der Waals surface area contributed by atoms with Gasteiger partial charge < -0.3 is 9.42 Å². The Labute approximate surface area is 88.5 Å². The van der Waals surface area contributed by atoms with Crippen molar-refractivity contribution in [1.82, 2.24) is 15.0 Å². The Morgan fingerprint density at radius 2 is 2.40 bits per heavy atom. The Balaban J connectivity index is 1.92. The van der Waals surface area contributed by atoms with Gasteiger partial charge in [-0.2, -0.15) is 4.98 Å². The zero-order valence-electron chi connectivity index (χ0n) is 9.23. The minimum absolute atomic E-state index is 0.161. The summed E-state index contributed by atoms with van der Waals surface area (Å²) in [7, 11) is 1.77. The van der Waals surface area contributed by atoms with E-state index in [9.17, 15) is 4.79 Å². The van der Waals surface area contributed by atoms with Gasteiger partial charge in [0.15, 0.2) is 5.82 Å². The lowest BCUT2D eigenvalue weighted by Crippen LogP contribution is -2.29. The van der Waals surface area contributed by atoms with Crippen LogP contribution in [0.5, 0.6) is 0 Å². The summed E-state index contributed by atoms with van der Waals surface area (Å²) in [6.45, 7) is 4.64. The van der Waals surface area contributed by atoms with E-state index in [0.29, 0.717) is 12.4 Å². The molecule has 1 unspecified atom stereocenters. The smallest absolute Gasteiger partial charge is 0.226 e. The molecule has 1 amide bonds. The number of hydrogen-bond acceptors (Lipinski definition) is 4. The lowest BCUT2D eigenvalue weighted by Gasteiger charge is -2.15. The molecule has 1 heterocycles. The molecule has 15 heavy (non-hydrogen) atoms. The summed E-state index contributed by atoms with van der Waals surface area (Å²) in [5.74, 6) is 0.878. The van der Waals surface area contributed by atoms with E-state index in [1.165, 1.54) is 6.39 Å². The van der Waals surface area contributed by atoms with Crippen LogP contribution in [0.4, 0.5) is 0 Å². The van der Waals surface area contributed by atoms with Gasteiger partial charge in [-0.15, -0.1) is 0 Å². The molecule has 5 heteroatoms. The second kappa shape index (κ2) is 3.32. The van der Waals surface area contributed by atoms with Crippen LogP contribution in [0.3, 0.4) is 0 Å². The average Bonchev–Trinajstić information content (AvgIpc) is 2.63. The Hall–Kier alpha value is -1.39. The van der Waals surface area contributed by atoms with Gasteiger partial charge in [0, 0.05) is 13.0 Å². The third-order valence-electron chi connectivity index (χ3n) is 2.97. The van der Waals surface area contributed by atoms with Crippen LogP contribution in [0.2, 0.25) is 0 Å². The van der Waals surface area contributed by atoms with Crippen LogP contribution in [0, 0.1) is 11.3 Å². The highest BCUT2D eigenvalue weighted by molar-refractivity contribution is 5.82. The van der Waals surface area contributed by atoms with Crippen molar-refractivity contribution in [2.45, 2.75) is 26.8 Å². The Kier molecular flexibility index (Phi) is 2.25. The molecule has 1 aromatic heterocycles. The van der Waals surface area contributed by atoms with Crippen LogP contribution < -0.4 is 0 Å². The highest BCUT2D eigenvalue weighted by Crippen LogP contribution is 2.52.